The second-order valence-corrected chi connectivity index (χ2v) is 4.16. The summed E-state index contributed by atoms with van der Waals surface area (Å²) < 4.78 is 11.1. The van der Waals surface area contributed by atoms with Gasteiger partial charge in [-0.05, 0) is 31.0 Å². The van der Waals surface area contributed by atoms with Crippen molar-refractivity contribution in [2.75, 3.05) is 13.2 Å². The molecule has 5 heteroatoms. The fourth-order valence-electron chi connectivity index (χ4n) is 1.57. The predicted molar refractivity (Wildman–Crippen MR) is 72.6 cm³/mol. The normalized spacial score (nSPS) is 11.9. The Bertz CT molecular complexity index is 420. The molecule has 0 amide bonds. The standard InChI is InChI=1S/C14H21NO4/c1-3-5-8-19-11-7-6-10(13(15)14(16)17)9-12(11)18-4-2/h6-7,9,13H,3-5,8,15H2,1-2H3,(H,16,17). The van der Waals surface area contributed by atoms with E-state index in [-0.39, 0.29) is 0 Å². The molecule has 1 unspecified atom stereocenters. The molecule has 0 saturated carbocycles. The predicted octanol–water partition coefficient (Wildman–Crippen LogP) is 2.35. The van der Waals surface area contributed by atoms with Crippen LogP contribution in [0.4, 0.5) is 0 Å². The summed E-state index contributed by atoms with van der Waals surface area (Å²) in [4.78, 5) is 10.9. The molecule has 0 aliphatic heterocycles. The molecule has 1 aromatic carbocycles. The summed E-state index contributed by atoms with van der Waals surface area (Å²) in [6.07, 6.45) is 2.01. The zero-order valence-corrected chi connectivity index (χ0v) is 11.4. The minimum atomic E-state index is -1.07. The maximum Gasteiger partial charge on any atom is 0.325 e. The van der Waals surface area contributed by atoms with Crippen molar-refractivity contribution in [3.8, 4) is 11.5 Å². The first-order valence-corrected chi connectivity index (χ1v) is 6.48. The van der Waals surface area contributed by atoms with Gasteiger partial charge in [-0.1, -0.05) is 19.4 Å². The number of carbonyl (C=O) groups is 1. The van der Waals surface area contributed by atoms with Crippen LogP contribution < -0.4 is 15.2 Å². The van der Waals surface area contributed by atoms with Crippen LogP contribution in [0.1, 0.15) is 38.3 Å². The van der Waals surface area contributed by atoms with Gasteiger partial charge < -0.3 is 20.3 Å². The van der Waals surface area contributed by atoms with E-state index in [2.05, 4.69) is 6.92 Å². The summed E-state index contributed by atoms with van der Waals surface area (Å²) in [5.41, 5.74) is 6.08. The van der Waals surface area contributed by atoms with Crippen molar-refractivity contribution in [3.63, 3.8) is 0 Å². The average molecular weight is 267 g/mol. The summed E-state index contributed by atoms with van der Waals surface area (Å²) in [6.45, 7) is 5.04. The lowest BCUT2D eigenvalue weighted by Crippen LogP contribution is -2.20. The van der Waals surface area contributed by atoms with E-state index in [0.717, 1.165) is 12.8 Å². The molecule has 0 aliphatic carbocycles. The van der Waals surface area contributed by atoms with Crippen LogP contribution in [0.2, 0.25) is 0 Å². The van der Waals surface area contributed by atoms with Gasteiger partial charge in [0.15, 0.2) is 11.5 Å². The van der Waals surface area contributed by atoms with E-state index in [0.29, 0.717) is 30.3 Å². The summed E-state index contributed by atoms with van der Waals surface area (Å²) in [5.74, 6) is 0.0894. The number of aliphatic carboxylic acids is 1. The van der Waals surface area contributed by atoms with Crippen molar-refractivity contribution >= 4 is 5.97 Å². The number of hydrogen-bond donors (Lipinski definition) is 2. The lowest BCUT2D eigenvalue weighted by molar-refractivity contribution is -0.138. The smallest absolute Gasteiger partial charge is 0.325 e. The fraction of sp³-hybridized carbons (Fsp3) is 0.500. The maximum absolute atomic E-state index is 10.9. The van der Waals surface area contributed by atoms with Gasteiger partial charge >= 0.3 is 5.97 Å². The number of carboxylic acids is 1. The maximum atomic E-state index is 10.9. The summed E-state index contributed by atoms with van der Waals surface area (Å²) in [5, 5.41) is 8.90. The minimum Gasteiger partial charge on any atom is -0.490 e. The molecule has 0 radical (unpaired) electrons. The Kier molecular flexibility index (Phi) is 6.15. The fourth-order valence-corrected chi connectivity index (χ4v) is 1.57. The van der Waals surface area contributed by atoms with Crippen molar-refractivity contribution in [2.45, 2.75) is 32.7 Å². The first kappa shape index (κ1) is 15.3. The molecule has 0 bridgehead atoms. The van der Waals surface area contributed by atoms with Crippen LogP contribution in [0.25, 0.3) is 0 Å². The molecule has 0 heterocycles. The molecular formula is C14H21NO4. The summed E-state index contributed by atoms with van der Waals surface area (Å²) in [6, 6.07) is 3.94. The Labute approximate surface area is 113 Å². The first-order valence-electron chi connectivity index (χ1n) is 6.48. The van der Waals surface area contributed by atoms with E-state index in [1.807, 2.05) is 6.92 Å². The van der Waals surface area contributed by atoms with Crippen molar-refractivity contribution in [1.29, 1.82) is 0 Å². The highest BCUT2D eigenvalue weighted by Gasteiger charge is 2.16. The molecule has 0 saturated heterocycles. The number of unbranched alkanes of at least 4 members (excludes halogenated alkanes) is 1. The van der Waals surface area contributed by atoms with E-state index >= 15 is 0 Å². The highest BCUT2D eigenvalue weighted by Crippen LogP contribution is 2.30. The Morgan fingerprint density at radius 3 is 2.63 bits per heavy atom. The van der Waals surface area contributed by atoms with Crippen molar-refractivity contribution in [3.05, 3.63) is 23.8 Å². The SMILES string of the molecule is CCCCOc1ccc(C(N)C(=O)O)cc1OCC. The molecule has 1 atom stereocenters. The van der Waals surface area contributed by atoms with Gasteiger partial charge in [-0.15, -0.1) is 0 Å². The van der Waals surface area contributed by atoms with Crippen molar-refractivity contribution < 1.29 is 19.4 Å². The molecule has 5 nitrogen and oxygen atoms in total. The molecule has 1 rings (SSSR count). The lowest BCUT2D eigenvalue weighted by Gasteiger charge is -2.14. The second kappa shape index (κ2) is 7.63. The highest BCUT2D eigenvalue weighted by atomic mass is 16.5. The zero-order valence-electron chi connectivity index (χ0n) is 11.4. The number of ether oxygens (including phenoxy) is 2. The van der Waals surface area contributed by atoms with Crippen LogP contribution in [-0.2, 0) is 4.79 Å². The number of nitrogens with two attached hydrogens (primary N) is 1. The second-order valence-electron chi connectivity index (χ2n) is 4.16. The largest absolute Gasteiger partial charge is 0.490 e. The number of benzene rings is 1. The third kappa shape index (κ3) is 4.44. The topological polar surface area (TPSA) is 81.8 Å². The van der Waals surface area contributed by atoms with Crippen LogP contribution in [0.3, 0.4) is 0 Å². The minimum absolute atomic E-state index is 0.482. The third-order valence-corrected chi connectivity index (χ3v) is 2.65. The van der Waals surface area contributed by atoms with Crippen LogP contribution in [0, 0.1) is 0 Å². The molecule has 0 spiro atoms. The first-order chi connectivity index (χ1) is 9.10. The molecular weight excluding hydrogens is 246 g/mol. The van der Waals surface area contributed by atoms with Crippen LogP contribution in [-0.4, -0.2) is 24.3 Å². The summed E-state index contributed by atoms with van der Waals surface area (Å²) >= 11 is 0. The Morgan fingerprint density at radius 1 is 1.32 bits per heavy atom. The lowest BCUT2D eigenvalue weighted by atomic mass is 10.1. The van der Waals surface area contributed by atoms with Crippen molar-refractivity contribution in [1.82, 2.24) is 0 Å². The molecule has 0 fully saturated rings. The van der Waals surface area contributed by atoms with Crippen LogP contribution >= 0.6 is 0 Å². The molecule has 106 valence electrons. The molecule has 1 aromatic rings. The number of hydrogen-bond acceptors (Lipinski definition) is 4. The number of carboxylic acid groups (broad SMARTS) is 1. The van der Waals surface area contributed by atoms with Gasteiger partial charge in [-0.3, -0.25) is 4.79 Å². The van der Waals surface area contributed by atoms with Gasteiger partial charge in [0.25, 0.3) is 0 Å². The van der Waals surface area contributed by atoms with Gasteiger partial charge in [0, 0.05) is 0 Å². The van der Waals surface area contributed by atoms with Gasteiger partial charge in [0.05, 0.1) is 13.2 Å². The van der Waals surface area contributed by atoms with Gasteiger partial charge in [0.1, 0.15) is 6.04 Å². The molecule has 0 aliphatic rings. The van der Waals surface area contributed by atoms with Gasteiger partial charge in [-0.25, -0.2) is 0 Å². The van der Waals surface area contributed by atoms with Gasteiger partial charge in [0.2, 0.25) is 0 Å². The third-order valence-electron chi connectivity index (χ3n) is 2.65. The highest BCUT2D eigenvalue weighted by molar-refractivity contribution is 5.75. The average Bonchev–Trinajstić information content (AvgIpc) is 2.40. The molecule has 0 aromatic heterocycles. The van der Waals surface area contributed by atoms with E-state index in [4.69, 9.17) is 20.3 Å². The Hall–Kier alpha value is -1.75. The van der Waals surface area contributed by atoms with Crippen LogP contribution in [0.15, 0.2) is 18.2 Å². The number of rotatable bonds is 8. The molecule has 3 N–H and O–H groups in total. The zero-order chi connectivity index (χ0) is 14.3. The van der Waals surface area contributed by atoms with E-state index in [1.54, 1.807) is 18.2 Å². The molecule has 19 heavy (non-hydrogen) atoms. The van der Waals surface area contributed by atoms with Crippen LogP contribution in [0.5, 0.6) is 11.5 Å². The van der Waals surface area contributed by atoms with E-state index in [9.17, 15) is 4.79 Å². The summed E-state index contributed by atoms with van der Waals surface area (Å²) in [7, 11) is 0. The van der Waals surface area contributed by atoms with Gasteiger partial charge in [-0.2, -0.15) is 0 Å². The van der Waals surface area contributed by atoms with E-state index in [1.165, 1.54) is 0 Å². The Balaban J connectivity index is 2.90. The van der Waals surface area contributed by atoms with Crippen molar-refractivity contribution in [2.24, 2.45) is 5.73 Å². The monoisotopic (exact) mass is 267 g/mol. The van der Waals surface area contributed by atoms with E-state index < -0.39 is 12.0 Å². The Morgan fingerprint density at radius 2 is 2.05 bits per heavy atom. The quantitative estimate of drug-likeness (QED) is 0.706.